The number of hydrogen-bond acceptors (Lipinski definition) is 4. The average Bonchev–Trinajstić information content (AvgIpc) is 2.48. The molecule has 0 saturated carbocycles. The highest BCUT2D eigenvalue weighted by molar-refractivity contribution is 5.89. The van der Waals surface area contributed by atoms with E-state index in [1.54, 1.807) is 24.3 Å². The largest absolute Gasteiger partial charge is 0.432 e. The SMILES string of the molecule is CCC1OC(OC(=O)c2ccccc2)C(C)[C@@H](O)[C@@H]1C. The molecule has 3 unspecified atom stereocenters. The number of rotatable bonds is 3. The zero-order valence-corrected chi connectivity index (χ0v) is 12.2. The van der Waals surface area contributed by atoms with Crippen molar-refractivity contribution in [3.05, 3.63) is 35.9 Å². The van der Waals surface area contributed by atoms with Crippen molar-refractivity contribution in [2.24, 2.45) is 11.8 Å². The van der Waals surface area contributed by atoms with Gasteiger partial charge < -0.3 is 14.6 Å². The van der Waals surface area contributed by atoms with Crippen LogP contribution in [0.3, 0.4) is 0 Å². The van der Waals surface area contributed by atoms with Crippen molar-refractivity contribution >= 4 is 5.97 Å². The molecule has 4 heteroatoms. The fourth-order valence-corrected chi connectivity index (χ4v) is 2.63. The molecular formula is C16H22O4. The van der Waals surface area contributed by atoms with Crippen LogP contribution >= 0.6 is 0 Å². The maximum atomic E-state index is 12.1. The van der Waals surface area contributed by atoms with Gasteiger partial charge in [-0.1, -0.05) is 39.0 Å². The molecule has 0 radical (unpaired) electrons. The molecular weight excluding hydrogens is 256 g/mol. The predicted octanol–water partition coefficient (Wildman–Crippen LogP) is 2.61. The molecule has 1 aliphatic heterocycles. The summed E-state index contributed by atoms with van der Waals surface area (Å²) in [5.41, 5.74) is 0.490. The van der Waals surface area contributed by atoms with Crippen LogP contribution < -0.4 is 0 Å². The minimum Gasteiger partial charge on any atom is -0.432 e. The molecule has 1 aliphatic rings. The molecule has 0 aromatic heterocycles. The molecule has 1 N–H and O–H groups in total. The lowest BCUT2D eigenvalue weighted by molar-refractivity contribution is -0.241. The number of ether oxygens (including phenoxy) is 2. The Morgan fingerprint density at radius 2 is 1.90 bits per heavy atom. The fourth-order valence-electron chi connectivity index (χ4n) is 2.63. The Bertz CT molecular complexity index is 443. The van der Waals surface area contributed by atoms with Gasteiger partial charge in [-0.05, 0) is 18.6 Å². The Kier molecular flexibility index (Phi) is 4.78. The Hall–Kier alpha value is -1.39. The molecule has 1 heterocycles. The van der Waals surface area contributed by atoms with Gasteiger partial charge in [0, 0.05) is 11.8 Å². The highest BCUT2D eigenvalue weighted by Crippen LogP contribution is 2.32. The quantitative estimate of drug-likeness (QED) is 0.864. The summed E-state index contributed by atoms with van der Waals surface area (Å²) in [6, 6.07) is 8.81. The summed E-state index contributed by atoms with van der Waals surface area (Å²) >= 11 is 0. The molecule has 2 rings (SSSR count). The van der Waals surface area contributed by atoms with Gasteiger partial charge in [0.1, 0.15) is 0 Å². The Morgan fingerprint density at radius 1 is 1.25 bits per heavy atom. The lowest BCUT2D eigenvalue weighted by Crippen LogP contribution is -2.50. The molecule has 0 aliphatic carbocycles. The van der Waals surface area contributed by atoms with E-state index >= 15 is 0 Å². The van der Waals surface area contributed by atoms with Crippen LogP contribution in [0.2, 0.25) is 0 Å². The van der Waals surface area contributed by atoms with E-state index in [2.05, 4.69) is 0 Å². The van der Waals surface area contributed by atoms with E-state index in [1.807, 2.05) is 26.8 Å². The fraction of sp³-hybridized carbons (Fsp3) is 0.562. The highest BCUT2D eigenvalue weighted by atomic mass is 16.7. The molecule has 0 spiro atoms. The van der Waals surface area contributed by atoms with Crippen LogP contribution in [-0.4, -0.2) is 29.6 Å². The Morgan fingerprint density at radius 3 is 2.50 bits per heavy atom. The first-order valence-electron chi connectivity index (χ1n) is 7.14. The predicted molar refractivity (Wildman–Crippen MR) is 75.1 cm³/mol. The van der Waals surface area contributed by atoms with Crippen molar-refractivity contribution in [1.82, 2.24) is 0 Å². The van der Waals surface area contributed by atoms with Gasteiger partial charge in [-0.25, -0.2) is 4.79 Å². The lowest BCUT2D eigenvalue weighted by Gasteiger charge is -2.41. The van der Waals surface area contributed by atoms with Gasteiger partial charge in [-0.2, -0.15) is 0 Å². The smallest absolute Gasteiger partial charge is 0.340 e. The monoisotopic (exact) mass is 278 g/mol. The van der Waals surface area contributed by atoms with Crippen molar-refractivity contribution in [1.29, 1.82) is 0 Å². The maximum absolute atomic E-state index is 12.1. The lowest BCUT2D eigenvalue weighted by atomic mass is 9.85. The first-order valence-corrected chi connectivity index (χ1v) is 7.14. The molecule has 1 aromatic carbocycles. The van der Waals surface area contributed by atoms with Crippen molar-refractivity contribution in [3.63, 3.8) is 0 Å². The molecule has 1 fully saturated rings. The number of esters is 1. The second kappa shape index (κ2) is 6.37. The number of aliphatic hydroxyl groups is 1. The van der Waals surface area contributed by atoms with E-state index in [1.165, 1.54) is 0 Å². The second-order valence-corrected chi connectivity index (χ2v) is 5.43. The zero-order chi connectivity index (χ0) is 14.7. The molecule has 20 heavy (non-hydrogen) atoms. The van der Waals surface area contributed by atoms with Crippen LogP contribution in [0, 0.1) is 11.8 Å². The van der Waals surface area contributed by atoms with Gasteiger partial charge in [0.2, 0.25) is 6.29 Å². The van der Waals surface area contributed by atoms with Crippen LogP contribution in [0.4, 0.5) is 0 Å². The third-order valence-corrected chi connectivity index (χ3v) is 4.04. The summed E-state index contributed by atoms with van der Waals surface area (Å²) in [7, 11) is 0. The van der Waals surface area contributed by atoms with Gasteiger partial charge in [0.25, 0.3) is 0 Å². The van der Waals surface area contributed by atoms with E-state index in [-0.39, 0.29) is 17.9 Å². The van der Waals surface area contributed by atoms with E-state index < -0.39 is 18.4 Å². The second-order valence-electron chi connectivity index (χ2n) is 5.43. The van der Waals surface area contributed by atoms with Gasteiger partial charge in [0.15, 0.2) is 0 Å². The van der Waals surface area contributed by atoms with Crippen LogP contribution in [-0.2, 0) is 9.47 Å². The number of carbonyl (C=O) groups is 1. The normalized spacial score (nSPS) is 33.7. The average molecular weight is 278 g/mol. The van der Waals surface area contributed by atoms with Crippen molar-refractivity contribution in [3.8, 4) is 0 Å². The summed E-state index contributed by atoms with van der Waals surface area (Å²) in [4.78, 5) is 12.1. The molecule has 5 atom stereocenters. The van der Waals surface area contributed by atoms with Gasteiger partial charge >= 0.3 is 5.97 Å². The molecule has 110 valence electrons. The first-order chi connectivity index (χ1) is 9.54. The number of benzene rings is 1. The highest BCUT2D eigenvalue weighted by Gasteiger charge is 2.41. The number of aliphatic hydroxyl groups excluding tert-OH is 1. The van der Waals surface area contributed by atoms with Crippen LogP contribution in [0.1, 0.15) is 37.6 Å². The van der Waals surface area contributed by atoms with Crippen LogP contribution in [0.25, 0.3) is 0 Å². The van der Waals surface area contributed by atoms with E-state index in [0.717, 1.165) is 6.42 Å². The minimum atomic E-state index is -0.696. The van der Waals surface area contributed by atoms with Gasteiger partial charge in [-0.3, -0.25) is 0 Å². The number of carbonyl (C=O) groups excluding carboxylic acids is 1. The Balaban J connectivity index is 2.06. The molecule has 0 bridgehead atoms. The molecule has 4 nitrogen and oxygen atoms in total. The van der Waals surface area contributed by atoms with Crippen molar-refractivity contribution in [2.75, 3.05) is 0 Å². The standard InChI is InChI=1S/C16H22O4/c1-4-13-10(2)14(17)11(3)16(19-13)20-15(18)12-8-6-5-7-9-12/h5-11,13-14,16-17H,4H2,1-3H3/t10-,11?,13?,14+,16?/m1/s1. The zero-order valence-electron chi connectivity index (χ0n) is 12.2. The first kappa shape index (κ1) is 15.0. The summed E-state index contributed by atoms with van der Waals surface area (Å²) in [5.74, 6) is -0.610. The van der Waals surface area contributed by atoms with E-state index in [0.29, 0.717) is 5.56 Å². The summed E-state index contributed by atoms with van der Waals surface area (Å²) in [6.07, 6.45) is -0.527. The van der Waals surface area contributed by atoms with Crippen molar-refractivity contribution < 1.29 is 19.4 Å². The van der Waals surface area contributed by atoms with Gasteiger partial charge in [-0.15, -0.1) is 0 Å². The summed E-state index contributed by atoms with van der Waals surface area (Å²) in [6.45, 7) is 5.81. The van der Waals surface area contributed by atoms with E-state index in [4.69, 9.17) is 9.47 Å². The summed E-state index contributed by atoms with van der Waals surface area (Å²) < 4.78 is 11.2. The van der Waals surface area contributed by atoms with Crippen molar-refractivity contribution in [2.45, 2.75) is 45.7 Å². The van der Waals surface area contributed by atoms with Gasteiger partial charge in [0.05, 0.1) is 17.8 Å². The minimum absolute atomic E-state index is 0.0432. The third kappa shape index (κ3) is 3.02. The van der Waals surface area contributed by atoms with Crippen LogP contribution in [0.15, 0.2) is 30.3 Å². The topological polar surface area (TPSA) is 55.8 Å². The third-order valence-electron chi connectivity index (χ3n) is 4.04. The molecule has 0 amide bonds. The maximum Gasteiger partial charge on any atom is 0.340 e. The Labute approximate surface area is 119 Å². The molecule has 1 saturated heterocycles. The summed E-state index contributed by atoms with van der Waals surface area (Å²) in [5, 5.41) is 10.2. The van der Waals surface area contributed by atoms with E-state index in [9.17, 15) is 9.90 Å². The molecule has 1 aromatic rings. The van der Waals surface area contributed by atoms with Crippen LogP contribution in [0.5, 0.6) is 0 Å². The number of hydrogen-bond donors (Lipinski definition) is 1.